The van der Waals surface area contributed by atoms with E-state index in [1.807, 2.05) is 44.3 Å². The fourth-order valence-electron chi connectivity index (χ4n) is 4.07. The minimum Gasteiger partial charge on any atom is -0.481 e. The number of allylic oxidation sites excluding steroid dienone is 2. The minimum absolute atomic E-state index is 0.0182. The number of aliphatic carboxylic acids is 1. The number of carbonyl (C=O) groups is 2. The van der Waals surface area contributed by atoms with Crippen LogP contribution in [0.2, 0.25) is 0 Å². The summed E-state index contributed by atoms with van der Waals surface area (Å²) in [5.74, 6) is -1.18. The zero-order chi connectivity index (χ0) is 18.7. The zero-order valence-electron chi connectivity index (χ0n) is 15.3. The molecule has 0 saturated carbocycles. The van der Waals surface area contributed by atoms with Crippen molar-refractivity contribution in [1.82, 2.24) is 10.3 Å². The van der Waals surface area contributed by atoms with Crippen LogP contribution in [-0.4, -0.2) is 28.0 Å². The molecule has 3 N–H and O–H groups in total. The van der Waals surface area contributed by atoms with Crippen LogP contribution >= 0.6 is 0 Å². The Kier molecular flexibility index (Phi) is 5.45. The molecule has 0 radical (unpaired) electrons. The summed E-state index contributed by atoms with van der Waals surface area (Å²) in [4.78, 5) is 26.9. The Bertz CT molecular complexity index is 771. The molecule has 5 heteroatoms. The molecule has 138 valence electrons. The largest absolute Gasteiger partial charge is 0.481 e. The van der Waals surface area contributed by atoms with Gasteiger partial charge in [-0.25, -0.2) is 0 Å². The fourth-order valence-corrected chi connectivity index (χ4v) is 4.07. The highest BCUT2D eigenvalue weighted by Crippen LogP contribution is 2.37. The number of hydrogen-bond donors (Lipinski definition) is 3. The second-order valence-corrected chi connectivity index (χ2v) is 7.06. The van der Waals surface area contributed by atoms with Crippen LogP contribution in [0.25, 0.3) is 6.08 Å². The van der Waals surface area contributed by atoms with Crippen LogP contribution in [0.15, 0.2) is 47.2 Å². The highest BCUT2D eigenvalue weighted by Gasteiger charge is 2.35. The molecule has 1 amide bonds. The number of fused-ring (bicyclic) bond motifs is 1. The zero-order valence-corrected chi connectivity index (χ0v) is 15.3. The Hall–Kier alpha value is -2.56. The molecule has 3 rings (SSSR count). The molecule has 1 aromatic rings. The molecular formula is C21H26N2O3. The van der Waals surface area contributed by atoms with Crippen LogP contribution in [0.1, 0.15) is 45.2 Å². The number of carboxylic acid groups (broad SMARTS) is 1. The van der Waals surface area contributed by atoms with Crippen molar-refractivity contribution in [3.8, 4) is 0 Å². The van der Waals surface area contributed by atoms with E-state index in [9.17, 15) is 14.7 Å². The van der Waals surface area contributed by atoms with E-state index in [1.54, 1.807) is 0 Å². The molecule has 2 aliphatic rings. The first-order chi connectivity index (χ1) is 12.5. The van der Waals surface area contributed by atoms with E-state index in [1.165, 1.54) is 0 Å². The molecular weight excluding hydrogens is 328 g/mol. The van der Waals surface area contributed by atoms with Gasteiger partial charge in [-0.2, -0.15) is 0 Å². The molecule has 0 aromatic carbocycles. The number of carboxylic acids is 1. The van der Waals surface area contributed by atoms with Crippen LogP contribution in [0.5, 0.6) is 0 Å². The van der Waals surface area contributed by atoms with Crippen LogP contribution in [-0.2, 0) is 9.59 Å². The third-order valence-corrected chi connectivity index (χ3v) is 5.27. The van der Waals surface area contributed by atoms with Gasteiger partial charge in [-0.05, 0) is 53.7 Å². The monoisotopic (exact) mass is 354 g/mol. The van der Waals surface area contributed by atoms with Crippen LogP contribution in [0.4, 0.5) is 0 Å². The average molecular weight is 354 g/mol. The number of H-pyrrole nitrogens is 1. The molecule has 1 aliphatic carbocycles. The van der Waals surface area contributed by atoms with E-state index in [4.69, 9.17) is 0 Å². The van der Waals surface area contributed by atoms with Crippen LogP contribution in [0.3, 0.4) is 0 Å². The van der Waals surface area contributed by atoms with Gasteiger partial charge in [-0.1, -0.05) is 32.4 Å². The quantitative estimate of drug-likeness (QED) is 0.698. The number of hydrogen-bond acceptors (Lipinski definition) is 2. The number of nitrogens with one attached hydrogen (secondary N) is 2. The van der Waals surface area contributed by atoms with Crippen molar-refractivity contribution >= 4 is 18.0 Å². The number of carbonyl (C=O) groups excluding carboxylic acids is 1. The van der Waals surface area contributed by atoms with Crippen molar-refractivity contribution in [2.75, 3.05) is 0 Å². The van der Waals surface area contributed by atoms with E-state index >= 15 is 0 Å². The maximum absolute atomic E-state index is 11.9. The Morgan fingerprint density at radius 2 is 2.19 bits per heavy atom. The first-order valence-electron chi connectivity index (χ1n) is 9.32. The molecule has 2 heterocycles. The van der Waals surface area contributed by atoms with Crippen molar-refractivity contribution in [2.24, 2.45) is 11.8 Å². The summed E-state index contributed by atoms with van der Waals surface area (Å²) in [5.41, 5.74) is 4.03. The number of amides is 1. The summed E-state index contributed by atoms with van der Waals surface area (Å²) in [6.45, 7) is 4.05. The molecule has 3 unspecified atom stereocenters. The highest BCUT2D eigenvalue weighted by atomic mass is 16.4. The van der Waals surface area contributed by atoms with Gasteiger partial charge in [0.1, 0.15) is 0 Å². The van der Waals surface area contributed by atoms with Crippen molar-refractivity contribution in [2.45, 2.75) is 45.6 Å². The van der Waals surface area contributed by atoms with Gasteiger partial charge >= 0.3 is 5.97 Å². The highest BCUT2D eigenvalue weighted by molar-refractivity contribution is 5.86. The number of rotatable bonds is 7. The molecule has 5 nitrogen and oxygen atoms in total. The Labute approximate surface area is 153 Å². The van der Waals surface area contributed by atoms with Gasteiger partial charge in [0.25, 0.3) is 0 Å². The number of aromatic nitrogens is 1. The summed E-state index contributed by atoms with van der Waals surface area (Å²) < 4.78 is 0. The van der Waals surface area contributed by atoms with Gasteiger partial charge in [0.05, 0.1) is 18.4 Å². The smallest absolute Gasteiger partial charge is 0.307 e. The van der Waals surface area contributed by atoms with Crippen molar-refractivity contribution in [3.63, 3.8) is 0 Å². The van der Waals surface area contributed by atoms with Crippen LogP contribution in [0, 0.1) is 11.8 Å². The molecule has 1 aromatic heterocycles. The molecule has 0 bridgehead atoms. The van der Waals surface area contributed by atoms with Gasteiger partial charge in [-0.15, -0.1) is 0 Å². The summed E-state index contributed by atoms with van der Waals surface area (Å²) >= 11 is 0. The third-order valence-electron chi connectivity index (χ3n) is 5.27. The molecule has 1 fully saturated rings. The van der Waals surface area contributed by atoms with Crippen molar-refractivity contribution in [1.29, 1.82) is 0 Å². The van der Waals surface area contributed by atoms with Gasteiger partial charge in [0, 0.05) is 11.9 Å². The van der Waals surface area contributed by atoms with E-state index in [2.05, 4.69) is 16.4 Å². The van der Waals surface area contributed by atoms with E-state index < -0.39 is 11.9 Å². The second kappa shape index (κ2) is 7.77. The predicted octanol–water partition coefficient (Wildman–Crippen LogP) is 3.68. The topological polar surface area (TPSA) is 82.2 Å². The summed E-state index contributed by atoms with van der Waals surface area (Å²) in [6.07, 6.45) is 10.6. The lowest BCUT2D eigenvalue weighted by atomic mass is 9.77. The SMILES string of the molecule is CCCC(C(=O)O)C(CC)C1=C/C(=C/c2ccc[nH]2)C2NC(=O)CC2=C1. The lowest BCUT2D eigenvalue weighted by Gasteiger charge is -2.28. The molecule has 0 spiro atoms. The van der Waals surface area contributed by atoms with Gasteiger partial charge in [-0.3, -0.25) is 9.59 Å². The van der Waals surface area contributed by atoms with Crippen molar-refractivity contribution < 1.29 is 14.7 Å². The first-order valence-corrected chi connectivity index (χ1v) is 9.32. The maximum Gasteiger partial charge on any atom is 0.307 e. The van der Waals surface area contributed by atoms with Gasteiger partial charge < -0.3 is 15.4 Å². The van der Waals surface area contributed by atoms with E-state index in [-0.39, 0.29) is 17.9 Å². The third kappa shape index (κ3) is 3.66. The molecule has 26 heavy (non-hydrogen) atoms. The van der Waals surface area contributed by atoms with E-state index in [0.29, 0.717) is 12.8 Å². The lowest BCUT2D eigenvalue weighted by Crippen LogP contribution is -2.30. The normalized spacial score (nSPS) is 23.1. The molecule has 1 aliphatic heterocycles. The minimum atomic E-state index is -0.740. The summed E-state index contributed by atoms with van der Waals surface area (Å²) in [5, 5.41) is 12.7. The van der Waals surface area contributed by atoms with Gasteiger partial charge in [0.2, 0.25) is 5.91 Å². The summed E-state index contributed by atoms with van der Waals surface area (Å²) in [6, 6.07) is 3.80. The van der Waals surface area contributed by atoms with E-state index in [0.717, 1.165) is 35.3 Å². The van der Waals surface area contributed by atoms with Gasteiger partial charge in [0.15, 0.2) is 0 Å². The van der Waals surface area contributed by atoms with Crippen molar-refractivity contribution in [3.05, 3.63) is 52.9 Å². The Balaban J connectivity index is 2.01. The fraction of sp³-hybridized carbons (Fsp3) is 0.429. The molecule has 1 saturated heterocycles. The average Bonchev–Trinajstić information content (AvgIpc) is 3.23. The summed E-state index contributed by atoms with van der Waals surface area (Å²) in [7, 11) is 0. The number of aromatic amines is 1. The Morgan fingerprint density at radius 1 is 1.38 bits per heavy atom. The second-order valence-electron chi connectivity index (χ2n) is 7.06. The molecule has 3 atom stereocenters. The maximum atomic E-state index is 11.9. The Morgan fingerprint density at radius 3 is 2.81 bits per heavy atom. The standard InChI is InChI=1S/C21H26N2O3/c1-3-6-18(21(25)26)17(4-2)13-9-14(11-16-7-5-8-22-16)20-15(10-13)12-19(24)23-20/h5,7-11,17-18,20,22H,3-4,6,12H2,1-2H3,(H,23,24)(H,25,26)/b14-11-. The van der Waals surface area contributed by atoms with Crippen LogP contribution < -0.4 is 5.32 Å². The first kappa shape index (κ1) is 18.2. The lowest BCUT2D eigenvalue weighted by molar-refractivity contribution is -0.143. The predicted molar refractivity (Wildman–Crippen MR) is 101 cm³/mol.